The van der Waals surface area contributed by atoms with Crippen LogP contribution in [0.5, 0.6) is 0 Å². The van der Waals surface area contributed by atoms with Crippen LogP contribution in [0.3, 0.4) is 0 Å². The number of hydrogen-bond donors (Lipinski definition) is 1. The zero-order chi connectivity index (χ0) is 18.4. The van der Waals surface area contributed by atoms with Crippen LogP contribution in [0.1, 0.15) is 10.4 Å². The Morgan fingerprint density at radius 3 is 2.84 bits per heavy atom. The maximum atomic E-state index is 13.6. The van der Waals surface area contributed by atoms with E-state index >= 15 is 0 Å². The topological polar surface area (TPSA) is 111 Å². The van der Waals surface area contributed by atoms with E-state index in [2.05, 4.69) is 10.3 Å². The maximum absolute atomic E-state index is 13.6. The monoisotopic (exact) mass is 365 g/mol. The van der Waals surface area contributed by atoms with Crippen LogP contribution in [0.4, 0.5) is 15.8 Å². The van der Waals surface area contributed by atoms with Gasteiger partial charge >= 0.3 is 5.97 Å². The zero-order valence-corrected chi connectivity index (χ0v) is 13.7. The lowest BCUT2D eigenvalue weighted by Gasteiger charge is -2.08. The molecule has 0 unspecified atom stereocenters. The van der Waals surface area contributed by atoms with E-state index in [1.807, 2.05) is 0 Å². The fourth-order valence-electron chi connectivity index (χ4n) is 1.83. The van der Waals surface area contributed by atoms with E-state index in [0.717, 1.165) is 18.2 Å². The van der Waals surface area contributed by atoms with E-state index in [0.29, 0.717) is 5.03 Å². The molecule has 0 saturated carbocycles. The van der Waals surface area contributed by atoms with Gasteiger partial charge in [0.25, 0.3) is 11.6 Å². The van der Waals surface area contributed by atoms with Gasteiger partial charge in [-0.25, -0.2) is 14.2 Å². The number of pyridine rings is 1. The van der Waals surface area contributed by atoms with E-state index in [4.69, 9.17) is 4.74 Å². The van der Waals surface area contributed by atoms with Crippen molar-refractivity contribution in [3.05, 3.63) is 58.0 Å². The minimum Gasteiger partial charge on any atom is -0.452 e. The Kier molecular flexibility index (Phi) is 6.01. The van der Waals surface area contributed by atoms with Gasteiger partial charge in [-0.05, 0) is 24.5 Å². The van der Waals surface area contributed by atoms with E-state index in [1.165, 1.54) is 24.0 Å². The van der Waals surface area contributed by atoms with Gasteiger partial charge in [0.1, 0.15) is 10.8 Å². The van der Waals surface area contributed by atoms with Crippen molar-refractivity contribution in [3.63, 3.8) is 0 Å². The van der Waals surface area contributed by atoms with Crippen LogP contribution in [0.25, 0.3) is 0 Å². The minimum atomic E-state index is -0.845. The smallest absolute Gasteiger partial charge is 0.341 e. The summed E-state index contributed by atoms with van der Waals surface area (Å²) in [6.07, 6.45) is 3.25. The SMILES string of the molecule is CSc1ncccc1C(=O)OCC(=O)Nc1cc([N+](=O)[O-])ccc1F. The van der Waals surface area contributed by atoms with Gasteiger partial charge < -0.3 is 10.1 Å². The van der Waals surface area contributed by atoms with Gasteiger partial charge in [-0.15, -0.1) is 11.8 Å². The number of amides is 1. The molecule has 2 aromatic rings. The Balaban J connectivity index is 2.00. The molecule has 8 nitrogen and oxygen atoms in total. The molecule has 0 aliphatic heterocycles. The summed E-state index contributed by atoms with van der Waals surface area (Å²) in [7, 11) is 0. The third-order valence-electron chi connectivity index (χ3n) is 2.95. The Hall–Kier alpha value is -3.01. The van der Waals surface area contributed by atoms with Crippen molar-refractivity contribution in [1.82, 2.24) is 4.98 Å². The number of nitrogens with zero attached hydrogens (tertiary/aromatic N) is 2. The van der Waals surface area contributed by atoms with Crippen molar-refractivity contribution in [2.24, 2.45) is 0 Å². The molecule has 2 rings (SSSR count). The van der Waals surface area contributed by atoms with Gasteiger partial charge in [0.2, 0.25) is 0 Å². The second-order valence-electron chi connectivity index (χ2n) is 4.61. The number of halogens is 1. The molecule has 0 aliphatic carbocycles. The van der Waals surface area contributed by atoms with Crippen molar-refractivity contribution >= 4 is 35.0 Å². The number of aromatic nitrogens is 1. The molecule has 10 heteroatoms. The number of benzene rings is 1. The molecule has 0 bridgehead atoms. The summed E-state index contributed by atoms with van der Waals surface area (Å²) < 4.78 is 18.5. The number of anilines is 1. The molecule has 1 aromatic carbocycles. The number of nitro benzene ring substituents is 1. The van der Waals surface area contributed by atoms with Crippen molar-refractivity contribution < 1.29 is 23.6 Å². The summed E-state index contributed by atoms with van der Waals surface area (Å²) in [5.74, 6) is -2.43. The number of nitro groups is 1. The summed E-state index contributed by atoms with van der Waals surface area (Å²) in [5.41, 5.74) is -0.556. The molecule has 1 aromatic heterocycles. The van der Waals surface area contributed by atoms with Crippen LogP contribution in [0.15, 0.2) is 41.6 Å². The highest BCUT2D eigenvalue weighted by molar-refractivity contribution is 7.98. The highest BCUT2D eigenvalue weighted by atomic mass is 32.2. The van der Waals surface area contributed by atoms with E-state index < -0.39 is 29.2 Å². The van der Waals surface area contributed by atoms with Gasteiger partial charge in [0.15, 0.2) is 6.61 Å². The molecular weight excluding hydrogens is 353 g/mol. The number of carbonyl (C=O) groups excluding carboxylic acids is 2. The number of carbonyl (C=O) groups is 2. The molecule has 0 saturated heterocycles. The summed E-state index contributed by atoms with van der Waals surface area (Å²) >= 11 is 1.24. The normalized spacial score (nSPS) is 10.2. The number of non-ortho nitro benzene ring substituents is 1. The largest absolute Gasteiger partial charge is 0.452 e. The summed E-state index contributed by atoms with van der Waals surface area (Å²) in [6, 6.07) is 5.76. The second kappa shape index (κ2) is 8.20. The van der Waals surface area contributed by atoms with Crippen molar-refractivity contribution in [2.45, 2.75) is 5.03 Å². The van der Waals surface area contributed by atoms with E-state index in [-0.39, 0.29) is 16.9 Å². The quantitative estimate of drug-likeness (QED) is 0.362. The molecule has 0 spiro atoms. The highest BCUT2D eigenvalue weighted by Gasteiger charge is 2.17. The lowest BCUT2D eigenvalue weighted by atomic mass is 10.2. The Morgan fingerprint density at radius 1 is 1.40 bits per heavy atom. The molecule has 1 N–H and O–H groups in total. The molecule has 0 radical (unpaired) electrons. The van der Waals surface area contributed by atoms with Crippen molar-refractivity contribution in [2.75, 3.05) is 18.2 Å². The lowest BCUT2D eigenvalue weighted by molar-refractivity contribution is -0.384. The third kappa shape index (κ3) is 4.73. The molecule has 130 valence electrons. The molecule has 0 aliphatic rings. The summed E-state index contributed by atoms with van der Waals surface area (Å²) in [5, 5.41) is 13.2. The van der Waals surface area contributed by atoms with Gasteiger partial charge in [-0.1, -0.05) is 0 Å². The number of nitrogens with one attached hydrogen (secondary N) is 1. The molecule has 25 heavy (non-hydrogen) atoms. The molecule has 0 atom stereocenters. The standard InChI is InChI=1S/C15H12FN3O5S/c1-25-14-10(3-2-6-17-14)15(21)24-8-13(20)18-12-7-9(19(22)23)4-5-11(12)16/h2-7H,8H2,1H3,(H,18,20). The predicted octanol–water partition coefficient (Wildman–Crippen LogP) is 2.65. The summed E-state index contributed by atoms with van der Waals surface area (Å²) in [4.78, 5) is 37.7. The van der Waals surface area contributed by atoms with Crippen LogP contribution in [-0.4, -0.2) is 34.6 Å². The van der Waals surface area contributed by atoms with Crippen LogP contribution in [0, 0.1) is 15.9 Å². The molecule has 1 heterocycles. The van der Waals surface area contributed by atoms with E-state index in [1.54, 1.807) is 12.3 Å². The van der Waals surface area contributed by atoms with Crippen molar-refractivity contribution in [1.29, 1.82) is 0 Å². The van der Waals surface area contributed by atoms with Crippen LogP contribution in [0.2, 0.25) is 0 Å². The third-order valence-corrected chi connectivity index (χ3v) is 3.67. The van der Waals surface area contributed by atoms with Crippen LogP contribution < -0.4 is 5.32 Å². The van der Waals surface area contributed by atoms with Gasteiger partial charge in [0, 0.05) is 18.3 Å². The second-order valence-corrected chi connectivity index (χ2v) is 5.40. The molecule has 0 fully saturated rings. The lowest BCUT2D eigenvalue weighted by Crippen LogP contribution is -2.21. The first-order valence-corrected chi connectivity index (χ1v) is 8.04. The highest BCUT2D eigenvalue weighted by Crippen LogP contribution is 2.21. The van der Waals surface area contributed by atoms with Gasteiger partial charge in [-0.2, -0.15) is 0 Å². The van der Waals surface area contributed by atoms with Crippen LogP contribution >= 0.6 is 11.8 Å². The van der Waals surface area contributed by atoms with Gasteiger partial charge in [-0.3, -0.25) is 14.9 Å². The van der Waals surface area contributed by atoms with Crippen molar-refractivity contribution in [3.8, 4) is 0 Å². The molecular formula is C15H12FN3O5S. The number of rotatable bonds is 6. The Labute approximate surface area is 145 Å². The van der Waals surface area contributed by atoms with E-state index in [9.17, 15) is 24.1 Å². The predicted molar refractivity (Wildman–Crippen MR) is 88.0 cm³/mol. The van der Waals surface area contributed by atoms with Gasteiger partial charge in [0.05, 0.1) is 16.2 Å². The molecule has 1 amide bonds. The Bertz CT molecular complexity index is 831. The number of thioether (sulfide) groups is 1. The first-order valence-electron chi connectivity index (χ1n) is 6.82. The maximum Gasteiger partial charge on any atom is 0.341 e. The minimum absolute atomic E-state index is 0.198. The zero-order valence-electron chi connectivity index (χ0n) is 12.9. The number of esters is 1. The fraction of sp³-hybridized carbons (Fsp3) is 0.133. The summed E-state index contributed by atoms with van der Waals surface area (Å²) in [6.45, 7) is -0.677. The fourth-order valence-corrected chi connectivity index (χ4v) is 2.36. The first kappa shape index (κ1) is 18.3. The average molecular weight is 365 g/mol. The average Bonchev–Trinajstić information content (AvgIpc) is 2.61. The number of ether oxygens (including phenoxy) is 1. The Morgan fingerprint density at radius 2 is 2.16 bits per heavy atom. The number of hydrogen-bond acceptors (Lipinski definition) is 7. The first-order chi connectivity index (χ1) is 11.9. The van der Waals surface area contributed by atoms with Crippen LogP contribution in [-0.2, 0) is 9.53 Å².